The fourth-order valence-corrected chi connectivity index (χ4v) is 9.18. The van der Waals surface area contributed by atoms with Gasteiger partial charge in [-0.25, -0.2) is 0 Å². The number of aliphatic hydroxyl groups is 8. The van der Waals surface area contributed by atoms with Crippen LogP contribution in [0.5, 0.6) is 0 Å². The predicted molar refractivity (Wildman–Crippen MR) is 254 cm³/mol. The predicted octanol–water partition coefficient (Wildman–Crippen LogP) is 7.39. The number of carbonyl (C=O) groups excluding carboxylic acids is 1. The van der Waals surface area contributed by atoms with Crippen molar-refractivity contribution in [1.82, 2.24) is 5.32 Å². The van der Waals surface area contributed by atoms with Gasteiger partial charge in [0.15, 0.2) is 12.6 Å². The fourth-order valence-electron chi connectivity index (χ4n) is 9.18. The van der Waals surface area contributed by atoms with Crippen LogP contribution in [0.15, 0.2) is 0 Å². The standard InChI is InChI=1S/C51H99NO13/c1-3-5-7-9-11-13-15-17-18-19-20-21-23-25-27-29-31-33-35-43(56)52-39(40(55)34-32-30-28-26-24-22-16-14-12-10-8-6-4-2)38-62-50-48(61)46(59)49(42(37-54)64-50)65-51-47(60)45(58)44(57)41(36-53)63-51/h39-42,44-51,53-55,57-61H,3-38H2,1-2H3,(H,52,56). The summed E-state index contributed by atoms with van der Waals surface area (Å²) >= 11 is 0. The van der Waals surface area contributed by atoms with Crippen LogP contribution in [-0.4, -0.2) is 140 Å². The zero-order chi connectivity index (χ0) is 47.5. The van der Waals surface area contributed by atoms with Crippen LogP contribution in [0.4, 0.5) is 0 Å². The Bertz CT molecular complexity index is 1100. The fraction of sp³-hybridized carbons (Fsp3) is 0.980. The molecule has 386 valence electrons. The number of amides is 1. The Morgan fingerprint density at radius 2 is 0.877 bits per heavy atom. The molecule has 65 heavy (non-hydrogen) atoms. The number of unbranched alkanes of at least 4 members (excludes halogenated alkanes) is 29. The van der Waals surface area contributed by atoms with E-state index in [0.29, 0.717) is 12.8 Å². The van der Waals surface area contributed by atoms with E-state index in [9.17, 15) is 45.6 Å². The van der Waals surface area contributed by atoms with Crippen molar-refractivity contribution in [3.63, 3.8) is 0 Å². The third kappa shape index (κ3) is 26.0. The lowest BCUT2D eigenvalue weighted by molar-refractivity contribution is -0.359. The molecule has 0 spiro atoms. The number of rotatable bonds is 42. The quantitative estimate of drug-likeness (QED) is 0.0273. The molecule has 0 saturated carbocycles. The molecule has 9 N–H and O–H groups in total. The maximum Gasteiger partial charge on any atom is 0.220 e. The molecule has 14 nitrogen and oxygen atoms in total. The van der Waals surface area contributed by atoms with Crippen molar-refractivity contribution in [2.75, 3.05) is 19.8 Å². The van der Waals surface area contributed by atoms with Crippen LogP contribution in [0.1, 0.15) is 226 Å². The second-order valence-corrected chi connectivity index (χ2v) is 19.4. The normalized spacial score (nSPS) is 26.9. The van der Waals surface area contributed by atoms with Gasteiger partial charge in [-0.05, 0) is 12.8 Å². The number of nitrogens with one attached hydrogen (secondary N) is 1. The first-order chi connectivity index (χ1) is 31.6. The van der Waals surface area contributed by atoms with Crippen molar-refractivity contribution in [2.24, 2.45) is 0 Å². The highest BCUT2D eigenvalue weighted by Gasteiger charge is 2.51. The van der Waals surface area contributed by atoms with Gasteiger partial charge >= 0.3 is 0 Å². The van der Waals surface area contributed by atoms with Crippen LogP contribution >= 0.6 is 0 Å². The van der Waals surface area contributed by atoms with Gasteiger partial charge in [-0.1, -0.05) is 206 Å². The van der Waals surface area contributed by atoms with Crippen LogP contribution in [0.25, 0.3) is 0 Å². The molecule has 0 bridgehead atoms. The van der Waals surface area contributed by atoms with E-state index in [4.69, 9.17) is 18.9 Å². The van der Waals surface area contributed by atoms with Gasteiger partial charge < -0.3 is 65.1 Å². The lowest BCUT2D eigenvalue weighted by Crippen LogP contribution is -2.65. The van der Waals surface area contributed by atoms with Gasteiger partial charge in [0.25, 0.3) is 0 Å². The molecule has 14 heteroatoms. The first-order valence-corrected chi connectivity index (χ1v) is 26.8. The third-order valence-corrected chi connectivity index (χ3v) is 13.6. The van der Waals surface area contributed by atoms with Crippen LogP contribution in [0.3, 0.4) is 0 Å². The first kappa shape index (κ1) is 60.1. The van der Waals surface area contributed by atoms with Gasteiger partial charge in [-0.15, -0.1) is 0 Å². The molecule has 2 fully saturated rings. The Kier molecular flexibility index (Phi) is 35.9. The molecule has 12 unspecified atom stereocenters. The van der Waals surface area contributed by atoms with Crippen molar-refractivity contribution in [1.29, 1.82) is 0 Å². The summed E-state index contributed by atoms with van der Waals surface area (Å²) in [6, 6.07) is -0.820. The molecule has 0 aromatic rings. The van der Waals surface area contributed by atoms with E-state index in [-0.39, 0.29) is 12.5 Å². The Morgan fingerprint density at radius 1 is 0.492 bits per heavy atom. The van der Waals surface area contributed by atoms with E-state index >= 15 is 0 Å². The van der Waals surface area contributed by atoms with Crippen molar-refractivity contribution >= 4 is 5.91 Å². The van der Waals surface area contributed by atoms with Gasteiger partial charge in [-0.2, -0.15) is 0 Å². The molecular weight excluding hydrogens is 835 g/mol. The Balaban J connectivity index is 1.79. The van der Waals surface area contributed by atoms with Crippen molar-refractivity contribution in [3.8, 4) is 0 Å². The molecule has 0 aromatic heterocycles. The highest BCUT2D eigenvalue weighted by Crippen LogP contribution is 2.30. The summed E-state index contributed by atoms with van der Waals surface area (Å²) in [6.07, 6.45) is 22.4. The van der Waals surface area contributed by atoms with Gasteiger partial charge in [0.2, 0.25) is 5.91 Å². The molecule has 0 aliphatic carbocycles. The minimum Gasteiger partial charge on any atom is -0.394 e. The number of hydrogen-bond acceptors (Lipinski definition) is 13. The average molecular weight is 934 g/mol. The highest BCUT2D eigenvalue weighted by atomic mass is 16.7. The van der Waals surface area contributed by atoms with E-state index in [1.54, 1.807) is 0 Å². The molecular formula is C51H99NO13. The maximum absolute atomic E-state index is 13.2. The van der Waals surface area contributed by atoms with Crippen LogP contribution in [0, 0.1) is 0 Å². The van der Waals surface area contributed by atoms with Crippen molar-refractivity contribution in [2.45, 2.75) is 299 Å². The maximum atomic E-state index is 13.2. The van der Waals surface area contributed by atoms with Gasteiger partial charge in [0.05, 0.1) is 32.0 Å². The summed E-state index contributed by atoms with van der Waals surface area (Å²) in [7, 11) is 0. The topological polar surface area (TPSA) is 228 Å². The lowest BCUT2D eigenvalue weighted by Gasteiger charge is -2.46. The molecule has 12 atom stereocenters. The van der Waals surface area contributed by atoms with E-state index in [2.05, 4.69) is 19.2 Å². The molecule has 2 heterocycles. The average Bonchev–Trinajstić information content (AvgIpc) is 3.30. The van der Waals surface area contributed by atoms with Crippen LogP contribution in [-0.2, 0) is 23.7 Å². The van der Waals surface area contributed by atoms with Crippen molar-refractivity contribution in [3.05, 3.63) is 0 Å². The van der Waals surface area contributed by atoms with Crippen LogP contribution < -0.4 is 5.32 Å². The number of carbonyl (C=O) groups is 1. The minimum absolute atomic E-state index is 0.203. The summed E-state index contributed by atoms with van der Waals surface area (Å²) in [5.41, 5.74) is 0. The Labute approximate surface area is 393 Å². The molecule has 0 aromatic carbocycles. The highest BCUT2D eigenvalue weighted by molar-refractivity contribution is 5.76. The Hall–Kier alpha value is -1.01. The summed E-state index contributed by atoms with van der Waals surface area (Å²) < 4.78 is 22.8. The molecule has 0 radical (unpaired) electrons. The second kappa shape index (κ2) is 38.8. The smallest absolute Gasteiger partial charge is 0.220 e. The first-order valence-electron chi connectivity index (χ1n) is 26.8. The molecule has 2 aliphatic heterocycles. The zero-order valence-corrected chi connectivity index (χ0v) is 41.0. The van der Waals surface area contributed by atoms with Crippen LogP contribution in [0.2, 0.25) is 0 Å². The Morgan fingerprint density at radius 3 is 1.31 bits per heavy atom. The molecule has 1 amide bonds. The molecule has 2 saturated heterocycles. The van der Waals surface area contributed by atoms with E-state index in [1.165, 1.54) is 148 Å². The third-order valence-electron chi connectivity index (χ3n) is 13.6. The van der Waals surface area contributed by atoms with Crippen molar-refractivity contribution < 1.29 is 64.6 Å². The van der Waals surface area contributed by atoms with Gasteiger partial charge in [-0.3, -0.25) is 4.79 Å². The zero-order valence-electron chi connectivity index (χ0n) is 41.0. The number of aliphatic hydroxyl groups excluding tert-OH is 8. The van der Waals surface area contributed by atoms with Gasteiger partial charge in [0, 0.05) is 6.42 Å². The second-order valence-electron chi connectivity index (χ2n) is 19.4. The van der Waals surface area contributed by atoms with Gasteiger partial charge in [0.1, 0.15) is 48.8 Å². The summed E-state index contributed by atoms with van der Waals surface area (Å²) in [5, 5.41) is 86.9. The number of ether oxygens (including phenoxy) is 4. The molecule has 2 rings (SSSR count). The summed E-state index contributed by atoms with van der Waals surface area (Å²) in [6.45, 7) is 2.87. The minimum atomic E-state index is -1.78. The number of hydrogen-bond donors (Lipinski definition) is 9. The van der Waals surface area contributed by atoms with E-state index in [1.807, 2.05) is 0 Å². The summed E-state index contributed by atoms with van der Waals surface area (Å²) in [5.74, 6) is -0.203. The largest absolute Gasteiger partial charge is 0.394 e. The van der Waals surface area contributed by atoms with E-state index < -0.39 is 86.8 Å². The summed E-state index contributed by atoms with van der Waals surface area (Å²) in [4.78, 5) is 13.2. The lowest BCUT2D eigenvalue weighted by atomic mass is 9.97. The monoisotopic (exact) mass is 934 g/mol. The molecule has 2 aliphatic rings. The SMILES string of the molecule is CCCCCCCCCCCCCCCCCCCCC(=O)NC(COC1OC(CO)C(OC2OC(CO)C(O)C(O)C2O)C(O)C1O)C(O)CCCCCCCCCCCCCCC. The van der Waals surface area contributed by atoms with E-state index in [0.717, 1.165) is 51.4 Å².